The molecule has 6 heteroatoms. The summed E-state index contributed by atoms with van der Waals surface area (Å²) in [5, 5.41) is 4.23. The van der Waals surface area contributed by atoms with E-state index >= 15 is 0 Å². The normalized spacial score (nSPS) is 18.7. The van der Waals surface area contributed by atoms with Crippen LogP contribution in [-0.2, 0) is 20.1 Å². The van der Waals surface area contributed by atoms with E-state index in [4.69, 9.17) is 4.74 Å². The Morgan fingerprint density at radius 2 is 2.26 bits per heavy atom. The number of likely N-dealkylation sites (tertiary alicyclic amines) is 1. The van der Waals surface area contributed by atoms with E-state index in [-0.39, 0.29) is 6.10 Å². The van der Waals surface area contributed by atoms with Crippen LogP contribution in [0.5, 0.6) is 5.75 Å². The lowest BCUT2D eigenvalue weighted by Gasteiger charge is -2.17. The summed E-state index contributed by atoms with van der Waals surface area (Å²) in [6.07, 6.45) is 7.15. The summed E-state index contributed by atoms with van der Waals surface area (Å²) in [6.45, 7) is 3.79. The lowest BCUT2D eigenvalue weighted by molar-refractivity contribution is 0.198. The fourth-order valence-electron chi connectivity index (χ4n) is 2.98. The Morgan fingerprint density at radius 1 is 1.39 bits per heavy atom. The van der Waals surface area contributed by atoms with Crippen LogP contribution < -0.4 is 4.74 Å². The number of nitrogens with zero attached hydrogens (tertiary/aromatic N) is 5. The van der Waals surface area contributed by atoms with Gasteiger partial charge in [0.05, 0.1) is 11.9 Å². The predicted molar refractivity (Wildman–Crippen MR) is 89.1 cm³/mol. The van der Waals surface area contributed by atoms with Crippen molar-refractivity contribution in [2.75, 3.05) is 27.2 Å². The SMILES string of the molecule is CN(C)Cc1cc(OC2CCN(Cc3cnn(C)c3)C2)ccn1. The van der Waals surface area contributed by atoms with Crippen molar-refractivity contribution >= 4 is 0 Å². The lowest BCUT2D eigenvalue weighted by Crippen LogP contribution is -2.24. The van der Waals surface area contributed by atoms with Crippen molar-refractivity contribution in [3.63, 3.8) is 0 Å². The number of ether oxygens (including phenoxy) is 1. The first-order valence-electron chi connectivity index (χ1n) is 8.04. The maximum Gasteiger partial charge on any atom is 0.123 e. The summed E-state index contributed by atoms with van der Waals surface area (Å²) in [6, 6.07) is 3.99. The molecule has 2 aromatic rings. The van der Waals surface area contributed by atoms with Crippen molar-refractivity contribution in [3.05, 3.63) is 42.0 Å². The minimum atomic E-state index is 0.251. The van der Waals surface area contributed by atoms with Gasteiger partial charge >= 0.3 is 0 Å². The van der Waals surface area contributed by atoms with Crippen molar-refractivity contribution in [3.8, 4) is 5.75 Å². The number of aromatic nitrogens is 3. The van der Waals surface area contributed by atoms with Crippen molar-refractivity contribution in [1.82, 2.24) is 24.6 Å². The van der Waals surface area contributed by atoms with Crippen LogP contribution in [0.15, 0.2) is 30.7 Å². The molecule has 0 N–H and O–H groups in total. The molecular weight excluding hydrogens is 290 g/mol. The molecule has 0 radical (unpaired) electrons. The van der Waals surface area contributed by atoms with Crippen LogP contribution in [-0.4, -0.2) is 57.9 Å². The van der Waals surface area contributed by atoms with E-state index in [2.05, 4.69) is 26.1 Å². The minimum absolute atomic E-state index is 0.251. The van der Waals surface area contributed by atoms with Crippen LogP contribution in [0.4, 0.5) is 0 Å². The molecule has 2 aromatic heterocycles. The summed E-state index contributed by atoms with van der Waals surface area (Å²) in [4.78, 5) is 8.91. The number of hydrogen-bond donors (Lipinski definition) is 0. The average Bonchev–Trinajstić information content (AvgIpc) is 3.08. The predicted octanol–water partition coefficient (Wildman–Crippen LogP) is 1.53. The van der Waals surface area contributed by atoms with Gasteiger partial charge in [0.1, 0.15) is 11.9 Å². The Kier molecular flexibility index (Phi) is 4.93. The molecule has 0 amide bonds. The minimum Gasteiger partial charge on any atom is -0.489 e. The quantitative estimate of drug-likeness (QED) is 0.809. The molecule has 3 rings (SSSR count). The van der Waals surface area contributed by atoms with Crippen LogP contribution in [0.2, 0.25) is 0 Å². The molecule has 0 aromatic carbocycles. The highest BCUT2D eigenvalue weighted by Crippen LogP contribution is 2.20. The highest BCUT2D eigenvalue weighted by atomic mass is 16.5. The van der Waals surface area contributed by atoms with E-state index in [1.807, 2.05) is 50.4 Å². The molecule has 1 aliphatic heterocycles. The molecular formula is C17H25N5O. The standard InChI is InChI=1S/C17H25N5O/c1-20(2)12-15-8-16(4-6-18-15)23-17-5-7-22(13-17)11-14-9-19-21(3)10-14/h4,6,8-10,17H,5,7,11-13H2,1-3H3. The number of hydrogen-bond acceptors (Lipinski definition) is 5. The molecule has 0 bridgehead atoms. The van der Waals surface area contributed by atoms with E-state index in [0.29, 0.717) is 0 Å². The molecule has 1 aliphatic rings. The zero-order valence-corrected chi connectivity index (χ0v) is 14.1. The highest BCUT2D eigenvalue weighted by Gasteiger charge is 2.24. The Bertz CT molecular complexity index is 639. The summed E-state index contributed by atoms with van der Waals surface area (Å²) >= 11 is 0. The van der Waals surface area contributed by atoms with Gasteiger partial charge in [-0.2, -0.15) is 5.10 Å². The first-order chi connectivity index (χ1) is 11.1. The van der Waals surface area contributed by atoms with Crippen LogP contribution in [0.1, 0.15) is 17.7 Å². The number of rotatable bonds is 6. The third-order valence-electron chi connectivity index (χ3n) is 3.96. The maximum absolute atomic E-state index is 6.15. The average molecular weight is 315 g/mol. The smallest absolute Gasteiger partial charge is 0.123 e. The zero-order chi connectivity index (χ0) is 16.2. The molecule has 3 heterocycles. The Labute approximate surface area is 137 Å². The summed E-state index contributed by atoms with van der Waals surface area (Å²) in [5.41, 5.74) is 2.29. The number of aryl methyl sites for hydroxylation is 1. The first-order valence-corrected chi connectivity index (χ1v) is 8.04. The van der Waals surface area contributed by atoms with Gasteiger partial charge in [0.15, 0.2) is 0 Å². The van der Waals surface area contributed by atoms with Crippen LogP contribution in [0.25, 0.3) is 0 Å². The van der Waals surface area contributed by atoms with E-state index in [0.717, 1.165) is 44.0 Å². The van der Waals surface area contributed by atoms with Crippen LogP contribution >= 0.6 is 0 Å². The fraction of sp³-hybridized carbons (Fsp3) is 0.529. The summed E-state index contributed by atoms with van der Waals surface area (Å²) in [7, 11) is 6.04. The van der Waals surface area contributed by atoms with Gasteiger partial charge in [0.25, 0.3) is 0 Å². The molecule has 23 heavy (non-hydrogen) atoms. The second-order valence-electron chi connectivity index (χ2n) is 6.51. The molecule has 0 spiro atoms. The van der Waals surface area contributed by atoms with Gasteiger partial charge in [-0.1, -0.05) is 0 Å². The van der Waals surface area contributed by atoms with Crippen molar-refractivity contribution < 1.29 is 4.74 Å². The van der Waals surface area contributed by atoms with Crippen molar-refractivity contribution in [2.24, 2.45) is 7.05 Å². The molecule has 124 valence electrons. The number of pyridine rings is 1. The third-order valence-corrected chi connectivity index (χ3v) is 3.96. The van der Waals surface area contributed by atoms with Crippen molar-refractivity contribution in [2.45, 2.75) is 25.6 Å². The van der Waals surface area contributed by atoms with Gasteiger partial charge in [-0.25, -0.2) is 0 Å². The van der Waals surface area contributed by atoms with Gasteiger partial charge in [0.2, 0.25) is 0 Å². The van der Waals surface area contributed by atoms with Gasteiger partial charge < -0.3 is 9.64 Å². The van der Waals surface area contributed by atoms with Gasteiger partial charge in [0, 0.05) is 57.3 Å². The van der Waals surface area contributed by atoms with E-state index in [1.54, 1.807) is 0 Å². The molecule has 0 aliphatic carbocycles. The second-order valence-corrected chi connectivity index (χ2v) is 6.51. The van der Waals surface area contributed by atoms with Gasteiger partial charge in [-0.15, -0.1) is 0 Å². The van der Waals surface area contributed by atoms with Crippen molar-refractivity contribution in [1.29, 1.82) is 0 Å². The Morgan fingerprint density at radius 3 is 3.00 bits per heavy atom. The Balaban J connectivity index is 1.53. The second kappa shape index (κ2) is 7.10. The molecule has 1 atom stereocenters. The van der Waals surface area contributed by atoms with Gasteiger partial charge in [-0.3, -0.25) is 14.6 Å². The first kappa shape index (κ1) is 16.0. The van der Waals surface area contributed by atoms with E-state index in [9.17, 15) is 0 Å². The summed E-state index contributed by atoms with van der Waals surface area (Å²) < 4.78 is 8.00. The molecule has 0 saturated carbocycles. The van der Waals surface area contributed by atoms with E-state index in [1.165, 1.54) is 5.56 Å². The zero-order valence-electron chi connectivity index (χ0n) is 14.1. The third kappa shape index (κ3) is 4.53. The van der Waals surface area contributed by atoms with Crippen LogP contribution in [0, 0.1) is 0 Å². The molecule has 1 unspecified atom stereocenters. The monoisotopic (exact) mass is 315 g/mol. The highest BCUT2D eigenvalue weighted by molar-refractivity contribution is 5.23. The lowest BCUT2D eigenvalue weighted by atomic mass is 10.3. The fourth-order valence-corrected chi connectivity index (χ4v) is 2.98. The largest absolute Gasteiger partial charge is 0.489 e. The maximum atomic E-state index is 6.15. The van der Waals surface area contributed by atoms with Crippen LogP contribution in [0.3, 0.4) is 0 Å². The summed E-state index contributed by atoms with van der Waals surface area (Å²) in [5.74, 6) is 0.921. The van der Waals surface area contributed by atoms with E-state index < -0.39 is 0 Å². The molecule has 1 fully saturated rings. The van der Waals surface area contributed by atoms with Gasteiger partial charge in [-0.05, 0) is 26.6 Å². The molecule has 1 saturated heterocycles. The topological polar surface area (TPSA) is 46.4 Å². The Hall–Kier alpha value is -1.92. The molecule has 6 nitrogen and oxygen atoms in total.